The quantitative estimate of drug-likeness (QED) is 0.358. The van der Waals surface area contributed by atoms with Crippen molar-refractivity contribution in [2.75, 3.05) is 19.0 Å². The monoisotopic (exact) mass is 625 g/mol. The molecular formula is C33H40FN3O6S. The number of carbonyl (C=O) groups is 2. The molecule has 11 heteroatoms. The lowest BCUT2D eigenvalue weighted by Gasteiger charge is -2.60. The first-order chi connectivity index (χ1) is 21.1. The number of halogens is 1. The molecule has 3 saturated carbocycles. The molecule has 8 atom stereocenters. The second-order valence-corrected chi connectivity index (χ2v) is 14.8. The van der Waals surface area contributed by atoms with E-state index in [2.05, 4.69) is 23.1 Å². The third-order valence-electron chi connectivity index (χ3n) is 11.6. The molecule has 0 amide bonds. The van der Waals surface area contributed by atoms with E-state index < -0.39 is 35.1 Å². The summed E-state index contributed by atoms with van der Waals surface area (Å²) in [5.74, 6) is -0.614. The number of esters is 1. The Kier molecular flexibility index (Phi) is 7.54. The van der Waals surface area contributed by atoms with Crippen molar-refractivity contribution < 1.29 is 33.7 Å². The Labute approximate surface area is 260 Å². The number of allylic oxidation sites excluding steroid dienone is 1. The van der Waals surface area contributed by atoms with E-state index in [-0.39, 0.29) is 40.6 Å². The summed E-state index contributed by atoms with van der Waals surface area (Å²) < 4.78 is 27.2. The Morgan fingerprint density at radius 1 is 1.23 bits per heavy atom. The second kappa shape index (κ2) is 11.0. The molecule has 236 valence electrons. The SMILES string of the molecule is C[C@]12Cc3cnn(-c4ccc(F)nc4)c3C=C1CC[C@@H]1[C@@H]2[C@@H](O)C[C@@]2(C)[C@H]1CC[C@]2(OC(=O)C1CCCO1)C(=O)SCCO. The highest BCUT2D eigenvalue weighted by Crippen LogP contribution is 2.69. The van der Waals surface area contributed by atoms with E-state index >= 15 is 0 Å². The number of thioether (sulfide) groups is 1. The minimum absolute atomic E-state index is 0.0329. The summed E-state index contributed by atoms with van der Waals surface area (Å²) >= 11 is 1.02. The Bertz CT molecular complexity index is 1490. The van der Waals surface area contributed by atoms with Crippen molar-refractivity contribution in [1.29, 1.82) is 0 Å². The van der Waals surface area contributed by atoms with Crippen molar-refractivity contribution in [3.05, 3.63) is 47.3 Å². The first-order valence-corrected chi connectivity index (χ1v) is 16.8. The van der Waals surface area contributed by atoms with Gasteiger partial charge >= 0.3 is 5.97 Å². The lowest BCUT2D eigenvalue weighted by atomic mass is 9.45. The first kappa shape index (κ1) is 30.1. The average Bonchev–Trinajstić information content (AvgIpc) is 3.73. The van der Waals surface area contributed by atoms with Crippen LogP contribution in [0.15, 0.2) is 30.1 Å². The Morgan fingerprint density at radius 2 is 2.07 bits per heavy atom. The number of aliphatic hydroxyl groups is 2. The van der Waals surface area contributed by atoms with E-state index in [1.54, 1.807) is 10.7 Å². The summed E-state index contributed by atoms with van der Waals surface area (Å²) in [5, 5.41) is 26.0. The Morgan fingerprint density at radius 3 is 2.80 bits per heavy atom. The Hall–Kier alpha value is -2.60. The molecule has 2 aromatic heterocycles. The smallest absolute Gasteiger partial charge is 0.336 e. The largest absolute Gasteiger partial charge is 0.448 e. The normalized spacial score (nSPS) is 37.4. The number of aromatic nitrogens is 3. The van der Waals surface area contributed by atoms with E-state index in [0.717, 1.165) is 55.1 Å². The zero-order valence-corrected chi connectivity index (χ0v) is 26.0. The number of hydrogen-bond acceptors (Lipinski definition) is 9. The van der Waals surface area contributed by atoms with Crippen LogP contribution in [0.5, 0.6) is 0 Å². The van der Waals surface area contributed by atoms with Crippen molar-refractivity contribution in [1.82, 2.24) is 14.8 Å². The van der Waals surface area contributed by atoms with Gasteiger partial charge < -0.3 is 19.7 Å². The molecule has 7 rings (SSSR count). The minimum Gasteiger partial charge on any atom is -0.448 e. The summed E-state index contributed by atoms with van der Waals surface area (Å²) in [6.45, 7) is 4.64. The van der Waals surface area contributed by atoms with Crippen molar-refractivity contribution in [2.24, 2.45) is 28.6 Å². The number of pyridine rings is 1. The van der Waals surface area contributed by atoms with Crippen molar-refractivity contribution in [3.8, 4) is 5.69 Å². The minimum atomic E-state index is -1.38. The van der Waals surface area contributed by atoms with E-state index in [1.807, 2.05) is 13.1 Å². The van der Waals surface area contributed by atoms with Gasteiger partial charge in [-0.3, -0.25) is 4.79 Å². The molecule has 1 aliphatic heterocycles. The number of hydrogen-bond donors (Lipinski definition) is 2. The van der Waals surface area contributed by atoms with Crippen molar-refractivity contribution >= 4 is 28.9 Å². The van der Waals surface area contributed by atoms with Crippen LogP contribution in [0.1, 0.15) is 70.1 Å². The second-order valence-electron chi connectivity index (χ2n) is 13.7. The number of carbonyl (C=O) groups excluding carboxylic acids is 2. The highest BCUT2D eigenvalue weighted by atomic mass is 32.2. The van der Waals surface area contributed by atoms with E-state index in [9.17, 15) is 24.2 Å². The average molecular weight is 626 g/mol. The van der Waals surface area contributed by atoms with Gasteiger partial charge in [-0.25, -0.2) is 14.5 Å². The fourth-order valence-corrected chi connectivity index (χ4v) is 10.6. The standard InChI is InChI=1S/C33H40FN3O6S/c1-31-15-19-17-36-37(21-6-8-27(34)35-18-21)24(19)14-20(31)5-7-22-23-9-10-33(30(41)44-13-11-38,32(23,2)16-25(39)28(22)31)43-29(40)26-4-3-12-42-26/h6,8,14,17-18,22-23,25-26,28,38-39H,3-5,7,9-13,15-16H2,1-2H3/t22-,23-,25-,26?,28+,31-,32-,33-/m0/s1. The highest BCUT2D eigenvalue weighted by Gasteiger charge is 2.71. The van der Waals surface area contributed by atoms with Crippen LogP contribution in [0.25, 0.3) is 11.8 Å². The van der Waals surface area contributed by atoms with Crippen LogP contribution in [0, 0.1) is 34.5 Å². The van der Waals surface area contributed by atoms with Crippen LogP contribution in [0.4, 0.5) is 4.39 Å². The topological polar surface area (TPSA) is 124 Å². The van der Waals surface area contributed by atoms with Gasteiger partial charge in [0.25, 0.3) is 0 Å². The molecular weight excluding hydrogens is 585 g/mol. The molecule has 5 aliphatic rings. The van der Waals surface area contributed by atoms with Gasteiger partial charge in [0.2, 0.25) is 11.1 Å². The maximum Gasteiger partial charge on any atom is 0.336 e. The molecule has 2 N–H and O–H groups in total. The van der Waals surface area contributed by atoms with Gasteiger partial charge in [-0.2, -0.15) is 9.49 Å². The summed E-state index contributed by atoms with van der Waals surface area (Å²) in [6.07, 6.45) is 9.42. The molecule has 9 nitrogen and oxygen atoms in total. The first-order valence-electron chi connectivity index (χ1n) is 15.8. The van der Waals surface area contributed by atoms with Crippen LogP contribution in [-0.4, -0.2) is 72.8 Å². The molecule has 0 aromatic carbocycles. The molecule has 0 bridgehead atoms. The molecule has 0 radical (unpaired) electrons. The molecule has 1 unspecified atom stereocenters. The summed E-state index contributed by atoms with van der Waals surface area (Å²) in [4.78, 5) is 31.2. The number of aliphatic hydroxyl groups excluding tert-OH is 2. The summed E-state index contributed by atoms with van der Waals surface area (Å²) in [6, 6.07) is 3.00. The number of fused-ring (bicyclic) bond motifs is 6. The van der Waals surface area contributed by atoms with Crippen LogP contribution in [0.3, 0.4) is 0 Å². The zero-order chi connectivity index (χ0) is 30.9. The van der Waals surface area contributed by atoms with Crippen LogP contribution >= 0.6 is 11.8 Å². The molecule has 0 spiro atoms. The molecule has 3 heterocycles. The highest BCUT2D eigenvalue weighted by molar-refractivity contribution is 8.13. The van der Waals surface area contributed by atoms with Crippen LogP contribution in [0.2, 0.25) is 0 Å². The predicted molar refractivity (Wildman–Crippen MR) is 161 cm³/mol. The zero-order valence-electron chi connectivity index (χ0n) is 25.2. The Balaban J connectivity index is 1.21. The molecule has 2 aromatic rings. The van der Waals surface area contributed by atoms with Gasteiger partial charge in [0.15, 0.2) is 11.7 Å². The number of ether oxygens (including phenoxy) is 2. The van der Waals surface area contributed by atoms with E-state index in [4.69, 9.17) is 9.47 Å². The van der Waals surface area contributed by atoms with Crippen LogP contribution < -0.4 is 0 Å². The van der Waals surface area contributed by atoms with E-state index in [0.29, 0.717) is 31.6 Å². The fourth-order valence-electron chi connectivity index (χ4n) is 9.67. The lowest BCUT2D eigenvalue weighted by Crippen LogP contribution is -2.63. The number of rotatable bonds is 6. The van der Waals surface area contributed by atoms with Gasteiger partial charge in [0.1, 0.15) is 0 Å². The third kappa shape index (κ3) is 4.44. The predicted octanol–water partition coefficient (Wildman–Crippen LogP) is 4.27. The maximum atomic E-state index is 14.0. The van der Waals surface area contributed by atoms with Gasteiger partial charge in [0.05, 0.1) is 36.5 Å². The third-order valence-corrected chi connectivity index (χ3v) is 12.6. The van der Waals surface area contributed by atoms with Gasteiger partial charge in [-0.05, 0) is 98.3 Å². The van der Waals surface area contributed by atoms with Gasteiger partial charge in [0, 0.05) is 17.8 Å². The maximum absolute atomic E-state index is 14.0. The number of nitrogens with zero attached hydrogens (tertiary/aromatic N) is 3. The van der Waals surface area contributed by atoms with Crippen molar-refractivity contribution in [3.63, 3.8) is 0 Å². The summed E-state index contributed by atoms with van der Waals surface area (Å²) in [7, 11) is 0. The molecule has 1 saturated heterocycles. The molecule has 4 fully saturated rings. The summed E-state index contributed by atoms with van der Waals surface area (Å²) in [5.41, 5.74) is 1.57. The van der Waals surface area contributed by atoms with Crippen molar-refractivity contribution in [2.45, 2.75) is 83.0 Å². The van der Waals surface area contributed by atoms with Crippen LogP contribution in [-0.2, 0) is 25.5 Å². The molecule has 4 aliphatic carbocycles. The molecule has 44 heavy (non-hydrogen) atoms. The van der Waals surface area contributed by atoms with Gasteiger partial charge in [-0.1, -0.05) is 31.2 Å². The fraction of sp³-hybridized carbons (Fsp3) is 0.636. The van der Waals surface area contributed by atoms with E-state index in [1.165, 1.54) is 17.8 Å². The lowest BCUT2D eigenvalue weighted by molar-refractivity contribution is -0.202. The van der Waals surface area contributed by atoms with Gasteiger partial charge in [-0.15, -0.1) is 0 Å².